The molecule has 1 aromatic rings. The first-order valence-corrected chi connectivity index (χ1v) is 4.52. The molecule has 3 N–H and O–H groups in total. The highest BCUT2D eigenvalue weighted by Crippen LogP contribution is 2.25. The second-order valence-electron chi connectivity index (χ2n) is 2.74. The van der Waals surface area contributed by atoms with Crippen molar-refractivity contribution in [2.45, 2.75) is 19.0 Å². The molecule has 3 nitrogen and oxygen atoms in total. The molecule has 0 aliphatic carbocycles. The van der Waals surface area contributed by atoms with Crippen LogP contribution in [-0.2, 0) is 19.0 Å². The zero-order chi connectivity index (χ0) is 9.84. The van der Waals surface area contributed by atoms with Gasteiger partial charge in [-0.2, -0.15) is 12.6 Å². The molecule has 0 saturated heterocycles. The number of hydrogen-bond acceptors (Lipinski definition) is 4. The van der Waals surface area contributed by atoms with Crippen LogP contribution in [-0.4, -0.2) is 15.3 Å². The van der Waals surface area contributed by atoms with Gasteiger partial charge in [-0.05, 0) is 17.7 Å². The van der Waals surface area contributed by atoms with E-state index in [-0.39, 0.29) is 19.0 Å². The van der Waals surface area contributed by atoms with E-state index in [0.29, 0.717) is 16.9 Å². The summed E-state index contributed by atoms with van der Waals surface area (Å²) in [5.74, 6) is 0.482. The van der Waals surface area contributed by atoms with Crippen LogP contribution in [0.4, 0.5) is 0 Å². The number of thiol groups is 1. The van der Waals surface area contributed by atoms with E-state index in [1.165, 1.54) is 0 Å². The predicted octanol–water partition coefficient (Wildman–Crippen LogP) is 0.807. The van der Waals surface area contributed by atoms with Gasteiger partial charge in [-0.1, -0.05) is 0 Å². The predicted molar refractivity (Wildman–Crippen MR) is 52.6 cm³/mol. The lowest BCUT2D eigenvalue weighted by Gasteiger charge is -2.08. The Morgan fingerprint density at radius 2 is 1.54 bits per heavy atom. The molecule has 0 aliphatic heterocycles. The van der Waals surface area contributed by atoms with Crippen molar-refractivity contribution < 1.29 is 15.3 Å². The van der Waals surface area contributed by atoms with E-state index < -0.39 is 0 Å². The smallest absolute Gasteiger partial charge is 0.126 e. The maximum absolute atomic E-state index is 9.46. The van der Waals surface area contributed by atoms with Gasteiger partial charge in [0, 0.05) is 16.9 Å². The standard InChI is InChI=1S/C9H12O3S/c10-3-7-1-6(5-13)2-8(4-11)9(7)12/h1-2,10-13H,3-5H2. The summed E-state index contributed by atoms with van der Waals surface area (Å²) in [7, 11) is 0. The largest absolute Gasteiger partial charge is 0.507 e. The summed E-state index contributed by atoms with van der Waals surface area (Å²) < 4.78 is 0. The van der Waals surface area contributed by atoms with E-state index in [2.05, 4.69) is 12.6 Å². The lowest BCUT2D eigenvalue weighted by Crippen LogP contribution is -1.94. The van der Waals surface area contributed by atoms with Crippen molar-refractivity contribution in [3.63, 3.8) is 0 Å². The van der Waals surface area contributed by atoms with Gasteiger partial charge in [-0.25, -0.2) is 0 Å². The lowest BCUT2D eigenvalue weighted by atomic mass is 10.1. The number of hydrogen-bond donors (Lipinski definition) is 4. The van der Waals surface area contributed by atoms with Crippen molar-refractivity contribution >= 4 is 12.6 Å². The van der Waals surface area contributed by atoms with Crippen LogP contribution in [0.3, 0.4) is 0 Å². The molecule has 1 rings (SSSR count). The van der Waals surface area contributed by atoms with Crippen LogP contribution >= 0.6 is 12.6 Å². The fourth-order valence-corrected chi connectivity index (χ4v) is 1.35. The summed E-state index contributed by atoms with van der Waals surface area (Å²) in [6.45, 7) is -0.471. The van der Waals surface area contributed by atoms with Crippen molar-refractivity contribution in [2.24, 2.45) is 0 Å². The Morgan fingerprint density at radius 1 is 1.08 bits per heavy atom. The number of benzene rings is 1. The Bertz CT molecular complexity index is 274. The average Bonchev–Trinajstić information content (AvgIpc) is 2.18. The molecule has 72 valence electrons. The van der Waals surface area contributed by atoms with Crippen molar-refractivity contribution in [3.05, 3.63) is 28.8 Å². The third-order valence-corrected chi connectivity index (χ3v) is 2.22. The quantitative estimate of drug-likeness (QED) is 0.546. The van der Waals surface area contributed by atoms with Gasteiger partial charge in [-0.15, -0.1) is 0 Å². The molecule has 4 heteroatoms. The maximum atomic E-state index is 9.46. The molecule has 0 aliphatic rings. The highest BCUT2D eigenvalue weighted by Gasteiger charge is 2.07. The van der Waals surface area contributed by atoms with Crippen molar-refractivity contribution in [3.8, 4) is 5.75 Å². The summed E-state index contributed by atoms with van der Waals surface area (Å²) in [6, 6.07) is 3.34. The maximum Gasteiger partial charge on any atom is 0.126 e. The minimum absolute atomic E-state index is 0.0319. The third-order valence-electron chi connectivity index (χ3n) is 1.85. The first-order chi connectivity index (χ1) is 6.22. The second kappa shape index (κ2) is 4.50. The Hall–Kier alpha value is -0.710. The van der Waals surface area contributed by atoms with Crippen molar-refractivity contribution in [2.75, 3.05) is 0 Å². The number of phenols is 1. The van der Waals surface area contributed by atoms with Gasteiger partial charge >= 0.3 is 0 Å². The van der Waals surface area contributed by atoms with E-state index in [1.807, 2.05) is 0 Å². The van der Waals surface area contributed by atoms with E-state index in [1.54, 1.807) is 12.1 Å². The SMILES string of the molecule is OCc1cc(CS)cc(CO)c1O. The van der Waals surface area contributed by atoms with Crippen LogP contribution in [0.15, 0.2) is 12.1 Å². The van der Waals surface area contributed by atoms with Crippen LogP contribution in [0.2, 0.25) is 0 Å². The van der Waals surface area contributed by atoms with Crippen LogP contribution in [0.5, 0.6) is 5.75 Å². The number of rotatable bonds is 3. The van der Waals surface area contributed by atoms with Gasteiger partial charge in [-0.3, -0.25) is 0 Å². The first kappa shape index (κ1) is 10.4. The molecule has 0 spiro atoms. The Labute approximate surface area is 82.1 Å². The molecule has 0 radical (unpaired) electrons. The third kappa shape index (κ3) is 2.15. The van der Waals surface area contributed by atoms with Crippen molar-refractivity contribution in [1.82, 2.24) is 0 Å². The fraction of sp³-hybridized carbons (Fsp3) is 0.333. The molecule has 0 bridgehead atoms. The molecule has 0 fully saturated rings. The van der Waals surface area contributed by atoms with Crippen molar-refractivity contribution in [1.29, 1.82) is 0 Å². The Kier molecular flexibility index (Phi) is 3.59. The molecular weight excluding hydrogens is 188 g/mol. The Morgan fingerprint density at radius 3 is 1.85 bits per heavy atom. The van der Waals surface area contributed by atoms with E-state index >= 15 is 0 Å². The normalized spacial score (nSPS) is 10.4. The number of aliphatic hydroxyl groups is 2. The highest BCUT2D eigenvalue weighted by atomic mass is 32.1. The zero-order valence-corrected chi connectivity index (χ0v) is 7.96. The minimum Gasteiger partial charge on any atom is -0.507 e. The summed E-state index contributed by atoms with van der Waals surface area (Å²) in [5.41, 5.74) is 1.72. The van der Waals surface area contributed by atoms with Gasteiger partial charge in [0.25, 0.3) is 0 Å². The summed E-state index contributed by atoms with van der Waals surface area (Å²) in [5, 5.41) is 27.2. The highest BCUT2D eigenvalue weighted by molar-refractivity contribution is 7.79. The van der Waals surface area contributed by atoms with Gasteiger partial charge in [0.2, 0.25) is 0 Å². The molecule has 13 heavy (non-hydrogen) atoms. The molecule has 0 unspecified atom stereocenters. The van der Waals surface area contributed by atoms with Crippen LogP contribution in [0, 0.1) is 0 Å². The van der Waals surface area contributed by atoms with E-state index in [9.17, 15) is 5.11 Å². The molecule has 0 aromatic heterocycles. The van der Waals surface area contributed by atoms with Crippen LogP contribution in [0.1, 0.15) is 16.7 Å². The number of aliphatic hydroxyl groups excluding tert-OH is 2. The number of aromatic hydroxyl groups is 1. The van der Waals surface area contributed by atoms with Crippen LogP contribution in [0.25, 0.3) is 0 Å². The molecule has 1 aromatic carbocycles. The zero-order valence-electron chi connectivity index (χ0n) is 7.06. The second-order valence-corrected chi connectivity index (χ2v) is 3.05. The minimum atomic E-state index is -0.236. The summed E-state index contributed by atoms with van der Waals surface area (Å²) >= 11 is 4.07. The van der Waals surface area contributed by atoms with Gasteiger partial charge in [0.1, 0.15) is 5.75 Å². The van der Waals surface area contributed by atoms with Gasteiger partial charge < -0.3 is 15.3 Å². The van der Waals surface area contributed by atoms with Gasteiger partial charge in [0.05, 0.1) is 13.2 Å². The monoisotopic (exact) mass is 200 g/mol. The molecule has 0 amide bonds. The molecular formula is C9H12O3S. The topological polar surface area (TPSA) is 60.7 Å². The van der Waals surface area contributed by atoms with E-state index in [4.69, 9.17) is 10.2 Å². The molecule has 0 heterocycles. The fourth-order valence-electron chi connectivity index (χ4n) is 1.16. The average molecular weight is 200 g/mol. The van der Waals surface area contributed by atoms with E-state index in [0.717, 1.165) is 5.56 Å². The molecule has 0 atom stereocenters. The summed E-state index contributed by atoms with van der Waals surface area (Å²) in [4.78, 5) is 0. The van der Waals surface area contributed by atoms with Crippen LogP contribution < -0.4 is 0 Å². The molecule has 0 saturated carbocycles. The first-order valence-electron chi connectivity index (χ1n) is 3.89. The lowest BCUT2D eigenvalue weighted by molar-refractivity contribution is 0.263. The van der Waals surface area contributed by atoms with Gasteiger partial charge in [0.15, 0.2) is 0 Å². The summed E-state index contributed by atoms with van der Waals surface area (Å²) in [6.07, 6.45) is 0. The Balaban J connectivity index is 3.20.